The highest BCUT2D eigenvalue weighted by Crippen LogP contribution is 2.33. The molecule has 2 aliphatic heterocycles. The Morgan fingerprint density at radius 2 is 1.82 bits per heavy atom. The molecule has 3 amide bonds. The fourth-order valence-electron chi connectivity index (χ4n) is 4.50. The molecule has 1 saturated heterocycles. The van der Waals surface area contributed by atoms with Crippen LogP contribution in [0.3, 0.4) is 0 Å². The van der Waals surface area contributed by atoms with Crippen molar-refractivity contribution >= 4 is 23.4 Å². The first-order valence-corrected chi connectivity index (χ1v) is 11.1. The van der Waals surface area contributed by atoms with E-state index in [2.05, 4.69) is 10.3 Å². The smallest absolute Gasteiger partial charge is 0.256 e. The summed E-state index contributed by atoms with van der Waals surface area (Å²) >= 11 is 0. The molecule has 2 aromatic carbocycles. The number of nitrogens with one attached hydrogen (secondary N) is 1. The summed E-state index contributed by atoms with van der Waals surface area (Å²) in [5.41, 5.74) is 3.56. The Morgan fingerprint density at radius 3 is 2.61 bits per heavy atom. The molecule has 2 aliphatic rings. The normalized spacial score (nSPS) is 17.4. The maximum atomic E-state index is 13.4. The van der Waals surface area contributed by atoms with Crippen LogP contribution in [0.4, 0.5) is 5.69 Å². The minimum absolute atomic E-state index is 0.0518. The predicted molar refractivity (Wildman–Crippen MR) is 124 cm³/mol. The van der Waals surface area contributed by atoms with Crippen LogP contribution >= 0.6 is 0 Å². The lowest BCUT2D eigenvalue weighted by Gasteiger charge is -2.26. The number of carbonyl (C=O) groups is 3. The molecule has 3 aromatic rings. The Balaban J connectivity index is 1.34. The van der Waals surface area contributed by atoms with Gasteiger partial charge >= 0.3 is 0 Å². The Bertz CT molecular complexity index is 1190. The number of para-hydroxylation sites is 1. The van der Waals surface area contributed by atoms with E-state index in [1.165, 1.54) is 0 Å². The van der Waals surface area contributed by atoms with Gasteiger partial charge in [0.25, 0.3) is 11.8 Å². The molecule has 166 valence electrons. The van der Waals surface area contributed by atoms with Gasteiger partial charge in [-0.2, -0.15) is 0 Å². The summed E-state index contributed by atoms with van der Waals surface area (Å²) in [6.45, 7) is 1.35. The molecule has 3 heterocycles. The largest absolute Gasteiger partial charge is 0.348 e. The molecule has 0 bridgehead atoms. The number of hydrogen-bond acceptors (Lipinski definition) is 4. The van der Waals surface area contributed by atoms with Gasteiger partial charge in [-0.05, 0) is 54.3 Å². The van der Waals surface area contributed by atoms with Crippen LogP contribution in [0.2, 0.25) is 0 Å². The number of fused-ring (bicyclic) bond motifs is 2. The maximum Gasteiger partial charge on any atom is 0.256 e. The highest BCUT2D eigenvalue weighted by molar-refractivity contribution is 6.11. The van der Waals surface area contributed by atoms with Crippen LogP contribution in [-0.2, 0) is 17.9 Å². The van der Waals surface area contributed by atoms with Crippen molar-refractivity contribution in [1.82, 2.24) is 15.2 Å². The molecule has 1 aromatic heterocycles. The number of rotatable bonds is 5. The van der Waals surface area contributed by atoms with Crippen LogP contribution in [-0.4, -0.2) is 40.2 Å². The van der Waals surface area contributed by atoms with Crippen molar-refractivity contribution < 1.29 is 14.4 Å². The van der Waals surface area contributed by atoms with Gasteiger partial charge in [-0.3, -0.25) is 19.4 Å². The number of amides is 3. The molecular weight excluding hydrogens is 416 g/mol. The van der Waals surface area contributed by atoms with Gasteiger partial charge in [0.1, 0.15) is 6.04 Å². The lowest BCUT2D eigenvalue weighted by atomic mass is 10.1. The maximum absolute atomic E-state index is 13.4. The van der Waals surface area contributed by atoms with Crippen LogP contribution in [0, 0.1) is 0 Å². The van der Waals surface area contributed by atoms with Gasteiger partial charge in [0.2, 0.25) is 5.91 Å². The molecule has 5 rings (SSSR count). The third kappa shape index (κ3) is 4.09. The zero-order valence-electron chi connectivity index (χ0n) is 18.1. The molecule has 0 saturated carbocycles. The lowest BCUT2D eigenvalue weighted by molar-refractivity contribution is -0.122. The Kier molecular flexibility index (Phi) is 5.60. The van der Waals surface area contributed by atoms with Gasteiger partial charge in [-0.15, -0.1) is 0 Å². The zero-order valence-corrected chi connectivity index (χ0v) is 18.1. The van der Waals surface area contributed by atoms with Gasteiger partial charge in [-0.1, -0.05) is 30.3 Å². The first kappa shape index (κ1) is 20.9. The average molecular weight is 441 g/mol. The van der Waals surface area contributed by atoms with Crippen molar-refractivity contribution in [2.45, 2.75) is 32.0 Å². The average Bonchev–Trinajstić information content (AvgIpc) is 3.33. The molecule has 0 radical (unpaired) electrons. The SMILES string of the molecule is O=C(NCc1cccnc1)c1ccc(CN2C(=O)C3CCCN3C(=O)c3ccccc32)cc1. The summed E-state index contributed by atoms with van der Waals surface area (Å²) in [4.78, 5) is 46.4. The molecule has 33 heavy (non-hydrogen) atoms. The van der Waals surface area contributed by atoms with Crippen LogP contribution < -0.4 is 10.2 Å². The summed E-state index contributed by atoms with van der Waals surface area (Å²) < 4.78 is 0. The molecule has 7 nitrogen and oxygen atoms in total. The first-order valence-electron chi connectivity index (χ1n) is 11.1. The summed E-state index contributed by atoms with van der Waals surface area (Å²) in [7, 11) is 0. The van der Waals surface area contributed by atoms with E-state index in [0.717, 1.165) is 17.5 Å². The Labute approximate surface area is 192 Å². The molecule has 1 atom stereocenters. The van der Waals surface area contributed by atoms with E-state index >= 15 is 0 Å². The van der Waals surface area contributed by atoms with Gasteiger partial charge in [0, 0.05) is 31.0 Å². The van der Waals surface area contributed by atoms with Crippen LogP contribution in [0.25, 0.3) is 0 Å². The predicted octanol–water partition coefficient (Wildman–Crippen LogP) is 3.16. The number of nitrogens with zero attached hydrogens (tertiary/aromatic N) is 3. The Morgan fingerprint density at radius 1 is 1.00 bits per heavy atom. The number of pyridine rings is 1. The number of benzene rings is 2. The third-order valence-corrected chi connectivity index (χ3v) is 6.22. The van der Waals surface area contributed by atoms with Crippen molar-refractivity contribution in [3.63, 3.8) is 0 Å². The standard InChI is InChI=1S/C26H24N4O3/c31-24(28-16-19-5-3-13-27-15-19)20-11-9-18(10-12-20)17-30-22-7-2-1-6-21(22)25(32)29-14-4-8-23(29)26(30)33/h1-3,5-7,9-13,15,23H,4,8,14,16-17H2,(H,28,31). The summed E-state index contributed by atoms with van der Waals surface area (Å²) in [6.07, 6.45) is 4.93. The molecule has 1 N–H and O–H groups in total. The van der Waals surface area contributed by atoms with Gasteiger partial charge in [0.05, 0.1) is 17.8 Å². The van der Waals surface area contributed by atoms with Crippen molar-refractivity contribution in [2.75, 3.05) is 11.4 Å². The monoisotopic (exact) mass is 440 g/mol. The van der Waals surface area contributed by atoms with E-state index in [-0.39, 0.29) is 17.7 Å². The van der Waals surface area contributed by atoms with Gasteiger partial charge < -0.3 is 15.1 Å². The van der Waals surface area contributed by atoms with E-state index in [4.69, 9.17) is 0 Å². The summed E-state index contributed by atoms with van der Waals surface area (Å²) in [5, 5.41) is 2.89. The van der Waals surface area contributed by atoms with Crippen molar-refractivity contribution in [2.24, 2.45) is 0 Å². The molecule has 1 unspecified atom stereocenters. The summed E-state index contributed by atoms with van der Waals surface area (Å²) in [5.74, 6) is -0.303. The molecular formula is C26H24N4O3. The number of carbonyl (C=O) groups excluding carboxylic acids is 3. The molecule has 7 heteroatoms. The van der Waals surface area contributed by atoms with Crippen molar-refractivity contribution in [3.8, 4) is 0 Å². The van der Waals surface area contributed by atoms with Crippen molar-refractivity contribution in [1.29, 1.82) is 0 Å². The quantitative estimate of drug-likeness (QED) is 0.661. The van der Waals surface area contributed by atoms with E-state index in [1.54, 1.807) is 40.4 Å². The Hall–Kier alpha value is -4.00. The van der Waals surface area contributed by atoms with E-state index in [9.17, 15) is 14.4 Å². The second-order valence-corrected chi connectivity index (χ2v) is 8.34. The third-order valence-electron chi connectivity index (χ3n) is 6.22. The van der Waals surface area contributed by atoms with Crippen molar-refractivity contribution in [3.05, 3.63) is 95.3 Å². The second-order valence-electron chi connectivity index (χ2n) is 8.34. The minimum atomic E-state index is -0.414. The number of hydrogen-bond donors (Lipinski definition) is 1. The van der Waals surface area contributed by atoms with Crippen LogP contribution in [0.5, 0.6) is 0 Å². The topological polar surface area (TPSA) is 82.6 Å². The minimum Gasteiger partial charge on any atom is -0.348 e. The first-order chi connectivity index (χ1) is 16.1. The molecule has 0 spiro atoms. The van der Waals surface area contributed by atoms with Crippen LogP contribution in [0.1, 0.15) is 44.7 Å². The lowest BCUT2D eigenvalue weighted by Crippen LogP contribution is -2.44. The van der Waals surface area contributed by atoms with E-state index in [1.807, 2.05) is 42.5 Å². The van der Waals surface area contributed by atoms with E-state index in [0.29, 0.717) is 42.9 Å². The second kappa shape index (κ2) is 8.86. The molecule has 1 fully saturated rings. The molecule has 0 aliphatic carbocycles. The fourth-order valence-corrected chi connectivity index (χ4v) is 4.50. The number of anilines is 1. The summed E-state index contributed by atoms with van der Waals surface area (Å²) in [6, 6.07) is 17.8. The number of aromatic nitrogens is 1. The highest BCUT2D eigenvalue weighted by Gasteiger charge is 2.41. The zero-order chi connectivity index (χ0) is 22.8. The highest BCUT2D eigenvalue weighted by atomic mass is 16.2. The van der Waals surface area contributed by atoms with Gasteiger partial charge in [0.15, 0.2) is 0 Å². The van der Waals surface area contributed by atoms with Crippen LogP contribution in [0.15, 0.2) is 73.1 Å². The fraction of sp³-hybridized carbons (Fsp3) is 0.231. The van der Waals surface area contributed by atoms with Gasteiger partial charge in [-0.25, -0.2) is 0 Å². The van der Waals surface area contributed by atoms with E-state index < -0.39 is 6.04 Å².